The van der Waals surface area contributed by atoms with Crippen molar-refractivity contribution >= 4 is 29.8 Å². The molecule has 2 rings (SSSR count). The number of fused-ring (bicyclic) bond motifs is 1. The third kappa shape index (κ3) is 1.29. The lowest BCUT2D eigenvalue weighted by Crippen LogP contribution is -1.86. The average molecular weight is 190 g/mol. The molecule has 0 unspecified atom stereocenters. The molecule has 2 aromatic rings. The zero-order valence-electron chi connectivity index (χ0n) is 5.44. The van der Waals surface area contributed by atoms with Gasteiger partial charge in [0.1, 0.15) is 5.15 Å². The van der Waals surface area contributed by atoms with Crippen molar-refractivity contribution in [1.29, 1.82) is 0 Å². The molecule has 0 spiro atoms. The van der Waals surface area contributed by atoms with E-state index in [0.717, 1.165) is 0 Å². The van der Waals surface area contributed by atoms with Crippen molar-refractivity contribution in [2.45, 2.75) is 0 Å². The normalized spacial score (nSPS) is 9.55. The van der Waals surface area contributed by atoms with E-state index in [4.69, 9.17) is 11.6 Å². The highest BCUT2D eigenvalue weighted by Crippen LogP contribution is 2.07. The summed E-state index contributed by atoms with van der Waals surface area (Å²) in [6.07, 6.45) is 5.06. The lowest BCUT2D eigenvalue weighted by Gasteiger charge is -1.92. The average Bonchev–Trinajstić information content (AvgIpc) is 2.36. The molecule has 0 radical (unpaired) electrons. The predicted octanol–water partition coefficient (Wildman–Crippen LogP) is 1.80. The van der Waals surface area contributed by atoms with Crippen molar-refractivity contribution in [1.82, 2.24) is 14.4 Å². The van der Waals surface area contributed by atoms with Crippen LogP contribution in [0.2, 0.25) is 5.15 Å². The second kappa shape index (κ2) is 3.07. The molecule has 0 saturated heterocycles. The summed E-state index contributed by atoms with van der Waals surface area (Å²) in [6.45, 7) is 0. The van der Waals surface area contributed by atoms with Crippen LogP contribution in [0.4, 0.5) is 0 Å². The Morgan fingerprint density at radius 2 is 2.00 bits per heavy atom. The molecule has 2 aromatic heterocycles. The summed E-state index contributed by atoms with van der Waals surface area (Å²) >= 11 is 5.78. The van der Waals surface area contributed by atoms with Crippen LogP contribution in [0.15, 0.2) is 24.7 Å². The molecular formula is C6H5Cl2N3. The second-order valence-corrected chi connectivity index (χ2v) is 2.25. The summed E-state index contributed by atoms with van der Waals surface area (Å²) in [4.78, 5) is 7.92. The van der Waals surface area contributed by atoms with Gasteiger partial charge in [-0.05, 0) is 6.07 Å². The van der Waals surface area contributed by atoms with Crippen LogP contribution < -0.4 is 0 Å². The van der Waals surface area contributed by atoms with Gasteiger partial charge in [0.25, 0.3) is 0 Å². The molecule has 11 heavy (non-hydrogen) atoms. The molecule has 0 aliphatic rings. The molecule has 3 nitrogen and oxygen atoms in total. The van der Waals surface area contributed by atoms with Gasteiger partial charge in [-0.25, -0.2) is 9.97 Å². The zero-order valence-corrected chi connectivity index (χ0v) is 7.01. The molecule has 0 atom stereocenters. The maximum absolute atomic E-state index is 5.78. The van der Waals surface area contributed by atoms with Gasteiger partial charge in [0.15, 0.2) is 0 Å². The van der Waals surface area contributed by atoms with Crippen LogP contribution in [0.3, 0.4) is 0 Å². The molecule has 0 N–H and O–H groups in total. The van der Waals surface area contributed by atoms with E-state index in [9.17, 15) is 0 Å². The predicted molar refractivity (Wildman–Crippen MR) is 45.2 cm³/mol. The van der Waals surface area contributed by atoms with E-state index < -0.39 is 0 Å². The van der Waals surface area contributed by atoms with E-state index in [2.05, 4.69) is 9.97 Å². The maximum atomic E-state index is 5.78. The molecule has 0 saturated carbocycles. The first-order valence-electron chi connectivity index (χ1n) is 2.81. The van der Waals surface area contributed by atoms with Crippen LogP contribution in [0.5, 0.6) is 0 Å². The largest absolute Gasteiger partial charge is 0.274 e. The Hall–Kier alpha value is -0.800. The highest BCUT2D eigenvalue weighted by atomic mass is 35.5. The van der Waals surface area contributed by atoms with Crippen LogP contribution in [0.1, 0.15) is 0 Å². The Kier molecular flexibility index (Phi) is 2.31. The Morgan fingerprint density at radius 3 is 2.73 bits per heavy atom. The van der Waals surface area contributed by atoms with Crippen molar-refractivity contribution in [3.05, 3.63) is 29.8 Å². The molecule has 0 aromatic carbocycles. The lowest BCUT2D eigenvalue weighted by molar-refractivity contribution is 1.11. The van der Waals surface area contributed by atoms with Crippen LogP contribution >= 0.6 is 24.0 Å². The van der Waals surface area contributed by atoms with E-state index >= 15 is 0 Å². The summed E-state index contributed by atoms with van der Waals surface area (Å²) in [5.41, 5.74) is 0. The minimum absolute atomic E-state index is 0. The summed E-state index contributed by atoms with van der Waals surface area (Å²) < 4.78 is 1.71. The zero-order chi connectivity index (χ0) is 6.97. The molecule has 5 heteroatoms. The fourth-order valence-corrected chi connectivity index (χ4v) is 0.992. The highest BCUT2D eigenvalue weighted by molar-refractivity contribution is 6.29. The summed E-state index contributed by atoms with van der Waals surface area (Å²) in [5, 5.41) is 0.627. The van der Waals surface area contributed by atoms with Gasteiger partial charge in [-0.2, -0.15) is 0 Å². The quantitative estimate of drug-likeness (QED) is 0.593. The van der Waals surface area contributed by atoms with Gasteiger partial charge in [0.05, 0.1) is 0 Å². The lowest BCUT2D eigenvalue weighted by atomic mass is 10.7. The van der Waals surface area contributed by atoms with Gasteiger partial charge in [-0.1, -0.05) is 11.6 Å². The standard InChI is InChI=1S/C6H4ClN3.ClH/c7-5-1-2-8-6-9-3-4-10(5)6;/h1-4H;1H. The Balaban J connectivity index is 0.000000605. The SMILES string of the molecule is Cl.Clc1ccnc2nccn12. The number of aromatic nitrogens is 3. The fourth-order valence-electron chi connectivity index (χ4n) is 0.804. The smallest absolute Gasteiger partial charge is 0.234 e. The molecular weight excluding hydrogens is 185 g/mol. The van der Waals surface area contributed by atoms with Crippen molar-refractivity contribution in [2.75, 3.05) is 0 Å². The van der Waals surface area contributed by atoms with E-state index in [-0.39, 0.29) is 12.4 Å². The molecule has 0 aliphatic carbocycles. The summed E-state index contributed by atoms with van der Waals surface area (Å²) in [7, 11) is 0. The third-order valence-electron chi connectivity index (χ3n) is 1.25. The Morgan fingerprint density at radius 1 is 1.27 bits per heavy atom. The van der Waals surface area contributed by atoms with E-state index in [1.165, 1.54) is 0 Å². The maximum Gasteiger partial charge on any atom is 0.234 e. The molecule has 0 fully saturated rings. The van der Waals surface area contributed by atoms with E-state index in [1.54, 1.807) is 29.1 Å². The van der Waals surface area contributed by atoms with Crippen LogP contribution in [0, 0.1) is 0 Å². The number of nitrogens with zero attached hydrogens (tertiary/aromatic N) is 3. The first kappa shape index (κ1) is 8.30. The first-order chi connectivity index (χ1) is 4.88. The first-order valence-corrected chi connectivity index (χ1v) is 3.19. The second-order valence-electron chi connectivity index (χ2n) is 1.86. The van der Waals surface area contributed by atoms with Crippen LogP contribution in [0.25, 0.3) is 5.78 Å². The number of halogens is 2. The number of hydrogen-bond donors (Lipinski definition) is 0. The molecule has 0 amide bonds. The fraction of sp³-hybridized carbons (Fsp3) is 0. The van der Waals surface area contributed by atoms with Gasteiger partial charge in [-0.15, -0.1) is 12.4 Å². The van der Waals surface area contributed by atoms with Crippen LogP contribution in [-0.4, -0.2) is 14.4 Å². The number of rotatable bonds is 0. The molecule has 0 aliphatic heterocycles. The van der Waals surface area contributed by atoms with Crippen molar-refractivity contribution in [2.24, 2.45) is 0 Å². The topological polar surface area (TPSA) is 30.2 Å². The van der Waals surface area contributed by atoms with Crippen LogP contribution in [-0.2, 0) is 0 Å². The third-order valence-corrected chi connectivity index (χ3v) is 1.56. The van der Waals surface area contributed by atoms with Crippen molar-refractivity contribution in [3.63, 3.8) is 0 Å². The molecule has 58 valence electrons. The highest BCUT2D eigenvalue weighted by Gasteiger charge is 1.95. The summed E-state index contributed by atoms with van der Waals surface area (Å²) in [5.74, 6) is 0.632. The van der Waals surface area contributed by atoms with Gasteiger partial charge < -0.3 is 0 Å². The summed E-state index contributed by atoms with van der Waals surface area (Å²) in [6, 6.07) is 1.72. The Bertz CT molecular complexity index is 357. The number of imidazole rings is 1. The van der Waals surface area contributed by atoms with Crippen molar-refractivity contribution in [3.8, 4) is 0 Å². The Labute approximate surface area is 74.4 Å². The van der Waals surface area contributed by atoms with Gasteiger partial charge >= 0.3 is 0 Å². The van der Waals surface area contributed by atoms with Gasteiger partial charge in [0.2, 0.25) is 5.78 Å². The van der Waals surface area contributed by atoms with E-state index in [0.29, 0.717) is 10.9 Å². The molecule has 0 bridgehead atoms. The van der Waals surface area contributed by atoms with E-state index in [1.807, 2.05) is 0 Å². The number of hydrogen-bond acceptors (Lipinski definition) is 2. The monoisotopic (exact) mass is 189 g/mol. The van der Waals surface area contributed by atoms with Gasteiger partial charge in [-0.3, -0.25) is 4.40 Å². The minimum atomic E-state index is 0. The molecule has 2 heterocycles. The minimum Gasteiger partial charge on any atom is -0.274 e. The van der Waals surface area contributed by atoms with Gasteiger partial charge in [0, 0.05) is 18.6 Å². The van der Waals surface area contributed by atoms with Crippen molar-refractivity contribution < 1.29 is 0 Å².